The molecule has 3 nitrogen and oxygen atoms in total. The first-order valence-corrected chi connectivity index (χ1v) is 9.94. The molecule has 1 aliphatic rings. The predicted octanol–water partition coefficient (Wildman–Crippen LogP) is 4.35. The largest absolute Gasteiger partial charge is 0.393 e. The highest BCUT2D eigenvalue weighted by Crippen LogP contribution is 2.19. The molecule has 0 aromatic heterocycles. The van der Waals surface area contributed by atoms with Gasteiger partial charge in [-0.25, -0.2) is 0 Å². The number of carbonyl (C=O) groups excluding carboxylic acids is 1. The highest BCUT2D eigenvalue weighted by Gasteiger charge is 2.22. The number of rotatable bonds is 2. The first-order chi connectivity index (χ1) is 14.2. The molecule has 0 saturated carbocycles. The van der Waals surface area contributed by atoms with Gasteiger partial charge in [0.2, 0.25) is 0 Å². The molecule has 4 rings (SSSR count). The van der Waals surface area contributed by atoms with Crippen molar-refractivity contribution in [1.82, 2.24) is 4.90 Å². The summed E-state index contributed by atoms with van der Waals surface area (Å²) in [4.78, 5) is 14.4. The van der Waals surface area contributed by atoms with E-state index in [0.717, 1.165) is 11.1 Å². The standard InChI is InChI=1S/C26H23NO2/c28-25-16-18-27(19-17-25)26(29)24-14-10-21(11-15-24)7-6-20-8-12-23(13-9-20)22-4-2-1-3-5-22/h1-5,8-15,25,28H,16-19H2. The second-order valence-electron chi connectivity index (χ2n) is 7.29. The van der Waals surface area contributed by atoms with Gasteiger partial charge in [0.25, 0.3) is 5.91 Å². The van der Waals surface area contributed by atoms with Crippen LogP contribution in [0.5, 0.6) is 0 Å². The smallest absolute Gasteiger partial charge is 0.253 e. The lowest BCUT2D eigenvalue weighted by molar-refractivity contribution is 0.0546. The molecule has 1 amide bonds. The van der Waals surface area contributed by atoms with Crippen molar-refractivity contribution in [2.75, 3.05) is 13.1 Å². The SMILES string of the molecule is O=C(c1ccc(C#Cc2ccc(-c3ccccc3)cc2)cc1)N1CCC(O)CC1. The lowest BCUT2D eigenvalue weighted by atomic mass is 10.0. The maximum Gasteiger partial charge on any atom is 0.253 e. The molecular weight excluding hydrogens is 358 g/mol. The molecule has 1 N–H and O–H groups in total. The van der Waals surface area contributed by atoms with Gasteiger partial charge in [0, 0.05) is 29.8 Å². The van der Waals surface area contributed by atoms with Gasteiger partial charge in [-0.1, -0.05) is 54.3 Å². The predicted molar refractivity (Wildman–Crippen MR) is 115 cm³/mol. The quantitative estimate of drug-likeness (QED) is 0.671. The van der Waals surface area contributed by atoms with Crippen molar-refractivity contribution in [2.45, 2.75) is 18.9 Å². The molecule has 0 radical (unpaired) electrons. The Labute approximate surface area is 171 Å². The number of benzene rings is 3. The molecule has 0 aliphatic carbocycles. The summed E-state index contributed by atoms with van der Waals surface area (Å²) in [6.07, 6.45) is 1.02. The minimum atomic E-state index is -0.279. The summed E-state index contributed by atoms with van der Waals surface area (Å²) in [6, 6.07) is 25.9. The highest BCUT2D eigenvalue weighted by molar-refractivity contribution is 5.94. The summed E-state index contributed by atoms with van der Waals surface area (Å²) in [5.74, 6) is 6.37. The number of hydrogen-bond acceptors (Lipinski definition) is 2. The fourth-order valence-corrected chi connectivity index (χ4v) is 3.47. The van der Waals surface area contributed by atoms with Crippen LogP contribution in [0.25, 0.3) is 11.1 Å². The summed E-state index contributed by atoms with van der Waals surface area (Å²) in [5.41, 5.74) is 4.86. The Bertz CT molecular complexity index is 1020. The third-order valence-electron chi connectivity index (χ3n) is 5.23. The van der Waals surface area contributed by atoms with E-state index in [2.05, 4.69) is 36.1 Å². The zero-order chi connectivity index (χ0) is 20.1. The van der Waals surface area contributed by atoms with E-state index >= 15 is 0 Å². The average molecular weight is 381 g/mol. The van der Waals surface area contributed by atoms with E-state index in [-0.39, 0.29) is 12.0 Å². The first-order valence-electron chi connectivity index (χ1n) is 9.94. The molecule has 3 aromatic carbocycles. The number of hydrogen-bond donors (Lipinski definition) is 1. The van der Waals surface area contributed by atoms with Crippen LogP contribution in [0.2, 0.25) is 0 Å². The third-order valence-corrected chi connectivity index (χ3v) is 5.23. The van der Waals surface area contributed by atoms with Gasteiger partial charge >= 0.3 is 0 Å². The van der Waals surface area contributed by atoms with Crippen molar-refractivity contribution in [2.24, 2.45) is 0 Å². The van der Waals surface area contributed by atoms with Crippen LogP contribution in [0.1, 0.15) is 34.3 Å². The number of amides is 1. The van der Waals surface area contributed by atoms with Gasteiger partial charge < -0.3 is 10.0 Å². The summed E-state index contributed by atoms with van der Waals surface area (Å²) in [5, 5.41) is 9.59. The number of aliphatic hydroxyl groups excluding tert-OH is 1. The van der Waals surface area contributed by atoms with E-state index in [4.69, 9.17) is 0 Å². The van der Waals surface area contributed by atoms with E-state index in [1.807, 2.05) is 59.5 Å². The highest BCUT2D eigenvalue weighted by atomic mass is 16.3. The second kappa shape index (κ2) is 8.77. The monoisotopic (exact) mass is 381 g/mol. The van der Waals surface area contributed by atoms with Crippen LogP contribution in [-0.2, 0) is 0 Å². The second-order valence-corrected chi connectivity index (χ2v) is 7.29. The van der Waals surface area contributed by atoms with Gasteiger partial charge in [-0.15, -0.1) is 0 Å². The van der Waals surface area contributed by atoms with Gasteiger partial charge in [-0.2, -0.15) is 0 Å². The van der Waals surface area contributed by atoms with Crippen LogP contribution in [-0.4, -0.2) is 35.1 Å². The van der Waals surface area contributed by atoms with Crippen molar-refractivity contribution in [3.63, 3.8) is 0 Å². The van der Waals surface area contributed by atoms with Crippen LogP contribution < -0.4 is 0 Å². The van der Waals surface area contributed by atoms with Crippen LogP contribution in [0.3, 0.4) is 0 Å². The zero-order valence-electron chi connectivity index (χ0n) is 16.2. The van der Waals surface area contributed by atoms with Gasteiger partial charge in [0.15, 0.2) is 0 Å². The molecule has 0 unspecified atom stereocenters. The van der Waals surface area contributed by atoms with E-state index in [1.165, 1.54) is 11.1 Å². The van der Waals surface area contributed by atoms with Crippen LogP contribution in [0.15, 0.2) is 78.9 Å². The lowest BCUT2D eigenvalue weighted by Gasteiger charge is -2.29. The van der Waals surface area contributed by atoms with Crippen molar-refractivity contribution >= 4 is 5.91 Å². The van der Waals surface area contributed by atoms with Gasteiger partial charge in [0.05, 0.1) is 6.10 Å². The zero-order valence-corrected chi connectivity index (χ0v) is 16.2. The van der Waals surface area contributed by atoms with Gasteiger partial charge in [-0.05, 0) is 60.4 Å². The van der Waals surface area contributed by atoms with Crippen LogP contribution >= 0.6 is 0 Å². The molecule has 0 spiro atoms. The number of nitrogens with zero attached hydrogens (tertiary/aromatic N) is 1. The van der Waals surface area contributed by atoms with E-state index in [9.17, 15) is 9.90 Å². The Morgan fingerprint density at radius 1 is 0.759 bits per heavy atom. The molecule has 0 bridgehead atoms. The average Bonchev–Trinajstić information content (AvgIpc) is 2.79. The fourth-order valence-electron chi connectivity index (χ4n) is 3.47. The maximum atomic E-state index is 12.6. The van der Waals surface area contributed by atoms with Gasteiger partial charge in [0.1, 0.15) is 0 Å². The number of likely N-dealkylation sites (tertiary alicyclic amines) is 1. The summed E-state index contributed by atoms with van der Waals surface area (Å²) in [6.45, 7) is 1.22. The van der Waals surface area contributed by atoms with E-state index in [0.29, 0.717) is 31.5 Å². The third kappa shape index (κ3) is 4.74. The topological polar surface area (TPSA) is 40.5 Å². The molecule has 3 aromatic rings. The summed E-state index contributed by atoms with van der Waals surface area (Å²) >= 11 is 0. The summed E-state index contributed by atoms with van der Waals surface area (Å²) in [7, 11) is 0. The van der Waals surface area contributed by atoms with Crippen molar-refractivity contribution in [3.05, 3.63) is 95.6 Å². The molecule has 29 heavy (non-hydrogen) atoms. The lowest BCUT2D eigenvalue weighted by Crippen LogP contribution is -2.40. The van der Waals surface area contributed by atoms with Gasteiger partial charge in [-0.3, -0.25) is 4.79 Å². The Morgan fingerprint density at radius 2 is 1.28 bits per heavy atom. The molecule has 1 saturated heterocycles. The first kappa shape index (κ1) is 19.0. The Balaban J connectivity index is 1.42. The molecular formula is C26H23NO2. The van der Waals surface area contributed by atoms with Crippen molar-refractivity contribution < 1.29 is 9.90 Å². The maximum absolute atomic E-state index is 12.6. The van der Waals surface area contributed by atoms with Crippen LogP contribution in [0, 0.1) is 11.8 Å². The molecule has 1 aliphatic heterocycles. The number of piperidine rings is 1. The van der Waals surface area contributed by atoms with Crippen molar-refractivity contribution in [1.29, 1.82) is 0 Å². The van der Waals surface area contributed by atoms with E-state index in [1.54, 1.807) is 0 Å². The Kier molecular flexibility index (Phi) is 5.74. The normalized spacial score (nSPS) is 14.2. The fraction of sp³-hybridized carbons (Fsp3) is 0.192. The molecule has 144 valence electrons. The Morgan fingerprint density at radius 3 is 1.86 bits per heavy atom. The number of carbonyl (C=O) groups is 1. The van der Waals surface area contributed by atoms with E-state index < -0.39 is 0 Å². The van der Waals surface area contributed by atoms with Crippen LogP contribution in [0.4, 0.5) is 0 Å². The Hall–Kier alpha value is -3.35. The molecule has 3 heteroatoms. The molecule has 0 atom stereocenters. The minimum absolute atomic E-state index is 0.0212. The minimum Gasteiger partial charge on any atom is -0.393 e. The molecule has 1 heterocycles. The van der Waals surface area contributed by atoms with Crippen molar-refractivity contribution in [3.8, 4) is 23.0 Å². The number of aliphatic hydroxyl groups is 1. The summed E-state index contributed by atoms with van der Waals surface area (Å²) < 4.78 is 0. The molecule has 1 fully saturated rings.